The van der Waals surface area contributed by atoms with E-state index in [-0.39, 0.29) is 0 Å². The molecule has 0 aliphatic heterocycles. The van der Waals surface area contributed by atoms with Crippen molar-refractivity contribution in [2.75, 3.05) is 0 Å². The van der Waals surface area contributed by atoms with Crippen molar-refractivity contribution in [1.29, 1.82) is 5.26 Å². The van der Waals surface area contributed by atoms with E-state index in [1.54, 1.807) is 6.08 Å². The van der Waals surface area contributed by atoms with Crippen LogP contribution in [-0.2, 0) is 0 Å². The van der Waals surface area contributed by atoms with Gasteiger partial charge in [-0.3, -0.25) is 0 Å². The molecule has 0 amide bonds. The molecular formula is C38H24N2O2. The average Bonchev–Trinajstić information content (AvgIpc) is 3.68. The molecule has 0 atom stereocenters. The molecule has 0 spiro atoms. The number of nitrogens with zero attached hydrogens (tertiary/aromatic N) is 2. The van der Waals surface area contributed by atoms with E-state index in [0.29, 0.717) is 5.56 Å². The van der Waals surface area contributed by atoms with Gasteiger partial charge in [-0.05, 0) is 73.2 Å². The highest BCUT2D eigenvalue weighted by molar-refractivity contribution is 6.15. The number of allylic oxidation sites excluding steroid dienone is 2. The van der Waals surface area contributed by atoms with E-state index >= 15 is 0 Å². The van der Waals surface area contributed by atoms with Gasteiger partial charge in [0.2, 0.25) is 0 Å². The van der Waals surface area contributed by atoms with Crippen LogP contribution in [0.5, 0.6) is 0 Å². The lowest BCUT2D eigenvalue weighted by molar-refractivity contribution is 0.588. The molecule has 8 aromatic rings. The van der Waals surface area contributed by atoms with Crippen LogP contribution in [0.3, 0.4) is 0 Å². The number of hydrogen-bond donors (Lipinski definition) is 0. The minimum absolute atomic E-state index is 0.611. The van der Waals surface area contributed by atoms with E-state index in [9.17, 15) is 5.26 Å². The van der Waals surface area contributed by atoms with Crippen LogP contribution in [-0.4, -0.2) is 4.57 Å². The van der Waals surface area contributed by atoms with Crippen LogP contribution in [0.25, 0.3) is 77.6 Å². The van der Waals surface area contributed by atoms with Crippen LogP contribution < -0.4 is 0 Å². The van der Waals surface area contributed by atoms with Crippen molar-refractivity contribution in [3.63, 3.8) is 0 Å². The summed E-state index contributed by atoms with van der Waals surface area (Å²) in [4.78, 5) is 0. The Kier molecular flexibility index (Phi) is 5.22. The molecule has 42 heavy (non-hydrogen) atoms. The molecule has 4 nitrogen and oxygen atoms in total. The first-order valence-corrected chi connectivity index (χ1v) is 13.9. The molecule has 0 fully saturated rings. The Hall–Kier alpha value is -5.79. The Bertz CT molecular complexity index is 2400. The van der Waals surface area contributed by atoms with Gasteiger partial charge in [-0.25, -0.2) is 0 Å². The normalized spacial score (nSPS) is 11.9. The summed E-state index contributed by atoms with van der Waals surface area (Å²) in [6.45, 7) is 5.82. The first kappa shape index (κ1) is 24.0. The van der Waals surface area contributed by atoms with Gasteiger partial charge in [0, 0.05) is 38.1 Å². The minimum Gasteiger partial charge on any atom is -0.452 e. The average molecular weight is 541 g/mol. The maximum atomic E-state index is 9.84. The van der Waals surface area contributed by atoms with Crippen molar-refractivity contribution in [2.24, 2.45) is 0 Å². The number of para-hydroxylation sites is 2. The number of benzene rings is 5. The number of rotatable bonds is 4. The summed E-state index contributed by atoms with van der Waals surface area (Å²) in [7, 11) is 0. The van der Waals surface area contributed by atoms with Crippen molar-refractivity contribution in [1.82, 2.24) is 4.57 Å². The Morgan fingerprint density at radius 3 is 2.19 bits per heavy atom. The maximum absolute atomic E-state index is 9.84. The maximum Gasteiger partial charge on any atom is 0.178 e. The number of furan rings is 2. The zero-order valence-electron chi connectivity index (χ0n) is 22.9. The van der Waals surface area contributed by atoms with E-state index in [0.717, 1.165) is 72.1 Å². The van der Waals surface area contributed by atoms with Gasteiger partial charge in [0.25, 0.3) is 0 Å². The fourth-order valence-corrected chi connectivity index (χ4v) is 6.23. The topological polar surface area (TPSA) is 55.0 Å². The molecule has 0 radical (unpaired) electrons. The molecule has 5 aromatic carbocycles. The number of hydrogen-bond acceptors (Lipinski definition) is 3. The third-order valence-corrected chi connectivity index (χ3v) is 8.22. The largest absolute Gasteiger partial charge is 0.452 e. The molecule has 0 N–H and O–H groups in total. The Balaban J connectivity index is 1.39. The zero-order valence-corrected chi connectivity index (χ0v) is 22.9. The molecule has 198 valence electrons. The second kappa shape index (κ2) is 9.12. The summed E-state index contributed by atoms with van der Waals surface area (Å²) >= 11 is 0. The predicted octanol–water partition coefficient (Wildman–Crippen LogP) is 10.5. The molecule has 0 aliphatic carbocycles. The Morgan fingerprint density at radius 1 is 0.738 bits per heavy atom. The third kappa shape index (κ3) is 3.41. The van der Waals surface area contributed by atoms with Gasteiger partial charge in [0.15, 0.2) is 11.2 Å². The van der Waals surface area contributed by atoms with Gasteiger partial charge in [0.05, 0.1) is 28.4 Å². The summed E-state index contributed by atoms with van der Waals surface area (Å²) in [5, 5.41) is 15.2. The van der Waals surface area contributed by atoms with Crippen LogP contribution in [0.1, 0.15) is 16.9 Å². The lowest BCUT2D eigenvalue weighted by Crippen LogP contribution is -1.98. The van der Waals surface area contributed by atoms with E-state index in [2.05, 4.69) is 103 Å². The molecule has 0 saturated carbocycles. The van der Waals surface area contributed by atoms with Crippen LogP contribution in [0.15, 0.2) is 125 Å². The molecule has 0 aliphatic rings. The zero-order chi connectivity index (χ0) is 28.4. The summed E-state index contributed by atoms with van der Waals surface area (Å²) in [5.41, 5.74) is 9.17. The first-order chi connectivity index (χ1) is 20.7. The highest BCUT2D eigenvalue weighted by Gasteiger charge is 2.19. The van der Waals surface area contributed by atoms with Crippen molar-refractivity contribution in [3.8, 4) is 22.9 Å². The summed E-state index contributed by atoms with van der Waals surface area (Å²) in [6.07, 6.45) is 5.53. The van der Waals surface area contributed by atoms with Gasteiger partial charge in [-0.2, -0.15) is 5.26 Å². The van der Waals surface area contributed by atoms with Crippen LogP contribution in [0.2, 0.25) is 0 Å². The number of fused-ring (bicyclic) bond motifs is 8. The quantitative estimate of drug-likeness (QED) is 0.209. The number of aromatic nitrogens is 1. The van der Waals surface area contributed by atoms with Crippen molar-refractivity contribution < 1.29 is 8.83 Å². The van der Waals surface area contributed by atoms with Gasteiger partial charge < -0.3 is 13.4 Å². The predicted molar refractivity (Wildman–Crippen MR) is 172 cm³/mol. The van der Waals surface area contributed by atoms with Crippen LogP contribution in [0.4, 0.5) is 0 Å². The first-order valence-electron chi connectivity index (χ1n) is 13.9. The minimum atomic E-state index is 0.611. The lowest BCUT2D eigenvalue weighted by atomic mass is 9.98. The van der Waals surface area contributed by atoms with Crippen molar-refractivity contribution in [2.45, 2.75) is 6.92 Å². The summed E-state index contributed by atoms with van der Waals surface area (Å²) < 4.78 is 15.0. The SMILES string of the molecule is C=C/C=C\c1oc2c(ccc3c4cc(-c5cc(C#N)ccc5-n5c6ccccc6c6ccccc65)ccc4oc32)c1C. The molecule has 0 saturated heterocycles. The van der Waals surface area contributed by atoms with E-state index < -0.39 is 0 Å². The van der Waals surface area contributed by atoms with Crippen molar-refractivity contribution >= 4 is 60.8 Å². The van der Waals surface area contributed by atoms with Crippen LogP contribution in [0, 0.1) is 18.3 Å². The van der Waals surface area contributed by atoms with Gasteiger partial charge in [0.1, 0.15) is 11.3 Å². The number of nitriles is 1. The highest BCUT2D eigenvalue weighted by Crippen LogP contribution is 2.41. The second-order valence-electron chi connectivity index (χ2n) is 10.5. The summed E-state index contributed by atoms with van der Waals surface area (Å²) in [5.74, 6) is 0.794. The molecule has 8 rings (SSSR count). The fourth-order valence-electron chi connectivity index (χ4n) is 6.23. The van der Waals surface area contributed by atoms with Crippen molar-refractivity contribution in [3.05, 3.63) is 133 Å². The van der Waals surface area contributed by atoms with Crippen LogP contribution >= 0.6 is 0 Å². The van der Waals surface area contributed by atoms with Gasteiger partial charge >= 0.3 is 0 Å². The standard InChI is InChI=1S/C38H24N2O2/c1-3-4-13-35-23(2)26-16-17-29-31-21-25(15-19-36(31)42-38(29)37(26)41-35)30-20-24(22-39)14-18-34(30)40-32-11-7-5-9-27(32)28-10-6-8-12-33(28)40/h3-21H,1H2,2H3/b13-4-. The Morgan fingerprint density at radius 2 is 1.45 bits per heavy atom. The second-order valence-corrected chi connectivity index (χ2v) is 10.5. The van der Waals surface area contributed by atoms with Gasteiger partial charge in [-0.15, -0.1) is 0 Å². The summed E-state index contributed by atoms with van der Waals surface area (Å²) in [6, 6.07) is 35.6. The molecular weight excluding hydrogens is 516 g/mol. The molecule has 3 heterocycles. The third-order valence-electron chi connectivity index (χ3n) is 8.22. The monoisotopic (exact) mass is 540 g/mol. The van der Waals surface area contributed by atoms with E-state index in [1.807, 2.05) is 30.4 Å². The smallest absolute Gasteiger partial charge is 0.178 e. The molecule has 0 bridgehead atoms. The highest BCUT2D eigenvalue weighted by atomic mass is 16.4. The molecule has 3 aromatic heterocycles. The Labute approximate surface area is 241 Å². The fraction of sp³-hybridized carbons (Fsp3) is 0.0263. The van der Waals surface area contributed by atoms with E-state index in [1.165, 1.54) is 10.8 Å². The lowest BCUT2D eigenvalue weighted by Gasteiger charge is -2.14. The number of aryl methyl sites for hydroxylation is 1. The molecule has 4 heteroatoms. The van der Waals surface area contributed by atoms with Gasteiger partial charge in [-0.1, -0.05) is 61.2 Å². The molecule has 0 unspecified atom stereocenters. The van der Waals surface area contributed by atoms with E-state index in [4.69, 9.17) is 8.83 Å².